The standard InChI is InChI=1S/C20H24N2O4/c23-19-15-17(22-9-13-25-14-10-22)3-6-20(19)26-18-4-1-16(2-5-18)21-7-11-24-12-8-21/h1-6,15,23H,7-14H2. The van der Waals surface area contributed by atoms with Gasteiger partial charge in [0.05, 0.1) is 26.4 Å². The van der Waals surface area contributed by atoms with E-state index < -0.39 is 0 Å². The minimum atomic E-state index is 0.145. The molecule has 138 valence electrons. The van der Waals surface area contributed by atoms with Crippen molar-refractivity contribution in [2.45, 2.75) is 0 Å². The Morgan fingerprint density at radius 1 is 0.731 bits per heavy atom. The second-order valence-electron chi connectivity index (χ2n) is 6.45. The number of morpholine rings is 2. The van der Waals surface area contributed by atoms with Crippen LogP contribution in [0.2, 0.25) is 0 Å². The SMILES string of the molecule is Oc1cc(N2CCOCC2)ccc1Oc1ccc(N2CCOCC2)cc1. The maximum atomic E-state index is 10.3. The molecule has 0 saturated carbocycles. The molecule has 2 aliphatic heterocycles. The van der Waals surface area contributed by atoms with Gasteiger partial charge in [-0.25, -0.2) is 0 Å². The van der Waals surface area contributed by atoms with Crippen LogP contribution < -0.4 is 14.5 Å². The molecule has 0 radical (unpaired) electrons. The number of phenolic OH excluding ortho intramolecular Hbond substituents is 1. The van der Waals surface area contributed by atoms with E-state index >= 15 is 0 Å². The van der Waals surface area contributed by atoms with Crippen molar-refractivity contribution in [3.8, 4) is 17.2 Å². The molecular formula is C20H24N2O4. The van der Waals surface area contributed by atoms with E-state index in [-0.39, 0.29) is 5.75 Å². The lowest BCUT2D eigenvalue weighted by molar-refractivity contribution is 0.122. The Balaban J connectivity index is 1.43. The van der Waals surface area contributed by atoms with Crippen molar-refractivity contribution in [1.82, 2.24) is 0 Å². The number of hydrogen-bond donors (Lipinski definition) is 1. The van der Waals surface area contributed by atoms with Crippen LogP contribution in [-0.2, 0) is 9.47 Å². The molecule has 0 aliphatic carbocycles. The molecule has 6 nitrogen and oxygen atoms in total. The molecule has 26 heavy (non-hydrogen) atoms. The Hall–Kier alpha value is -2.44. The average Bonchev–Trinajstić information content (AvgIpc) is 2.71. The van der Waals surface area contributed by atoms with E-state index in [0.717, 1.165) is 50.8 Å². The number of hydrogen-bond acceptors (Lipinski definition) is 6. The third kappa shape index (κ3) is 3.86. The van der Waals surface area contributed by atoms with Crippen molar-refractivity contribution in [1.29, 1.82) is 0 Å². The lowest BCUT2D eigenvalue weighted by Gasteiger charge is -2.29. The summed E-state index contributed by atoms with van der Waals surface area (Å²) in [5.74, 6) is 1.31. The number of anilines is 2. The van der Waals surface area contributed by atoms with Gasteiger partial charge in [-0.2, -0.15) is 0 Å². The number of benzene rings is 2. The second kappa shape index (κ2) is 7.85. The van der Waals surface area contributed by atoms with Crippen LogP contribution >= 0.6 is 0 Å². The monoisotopic (exact) mass is 356 g/mol. The maximum Gasteiger partial charge on any atom is 0.169 e. The maximum absolute atomic E-state index is 10.3. The van der Waals surface area contributed by atoms with Crippen LogP contribution in [0, 0.1) is 0 Å². The third-order valence-electron chi connectivity index (χ3n) is 4.76. The van der Waals surface area contributed by atoms with Crippen molar-refractivity contribution in [3.63, 3.8) is 0 Å². The molecule has 2 aromatic rings. The van der Waals surface area contributed by atoms with Gasteiger partial charge < -0.3 is 29.1 Å². The summed E-state index contributed by atoms with van der Waals surface area (Å²) in [6, 6.07) is 13.5. The fourth-order valence-corrected chi connectivity index (χ4v) is 3.28. The predicted molar refractivity (Wildman–Crippen MR) is 101 cm³/mol. The van der Waals surface area contributed by atoms with E-state index in [0.29, 0.717) is 24.7 Å². The molecule has 0 atom stereocenters. The van der Waals surface area contributed by atoms with Crippen LogP contribution in [0.25, 0.3) is 0 Å². The van der Waals surface area contributed by atoms with E-state index in [4.69, 9.17) is 14.2 Å². The highest BCUT2D eigenvalue weighted by molar-refractivity contribution is 5.57. The van der Waals surface area contributed by atoms with Gasteiger partial charge >= 0.3 is 0 Å². The van der Waals surface area contributed by atoms with Gasteiger partial charge in [0.1, 0.15) is 5.75 Å². The van der Waals surface area contributed by atoms with E-state index in [9.17, 15) is 5.11 Å². The molecule has 0 bridgehead atoms. The molecule has 2 saturated heterocycles. The summed E-state index contributed by atoms with van der Waals surface area (Å²) in [7, 11) is 0. The Labute approximate surface area is 153 Å². The molecule has 2 fully saturated rings. The summed E-state index contributed by atoms with van der Waals surface area (Å²) in [5, 5.41) is 10.3. The van der Waals surface area contributed by atoms with E-state index in [1.54, 1.807) is 6.07 Å². The molecule has 2 aromatic carbocycles. The molecule has 4 rings (SSSR count). The number of phenols is 1. The molecule has 0 aromatic heterocycles. The van der Waals surface area contributed by atoms with E-state index in [1.807, 2.05) is 36.4 Å². The molecule has 0 unspecified atom stereocenters. The highest BCUT2D eigenvalue weighted by Gasteiger charge is 2.14. The van der Waals surface area contributed by atoms with Crippen LogP contribution in [0.5, 0.6) is 17.2 Å². The third-order valence-corrected chi connectivity index (χ3v) is 4.76. The second-order valence-corrected chi connectivity index (χ2v) is 6.45. The van der Waals surface area contributed by atoms with Crippen molar-refractivity contribution < 1.29 is 19.3 Å². The first-order chi connectivity index (χ1) is 12.8. The summed E-state index contributed by atoms with van der Waals surface area (Å²) in [6.07, 6.45) is 0. The normalized spacial score (nSPS) is 18.0. The lowest BCUT2D eigenvalue weighted by Crippen LogP contribution is -2.36. The number of ether oxygens (including phenoxy) is 3. The molecule has 6 heteroatoms. The van der Waals surface area contributed by atoms with Gasteiger partial charge in [0.25, 0.3) is 0 Å². The van der Waals surface area contributed by atoms with Crippen LogP contribution in [0.3, 0.4) is 0 Å². The molecule has 0 amide bonds. The Kier molecular flexibility index (Phi) is 5.13. The molecule has 0 spiro atoms. The molecule has 1 N–H and O–H groups in total. The van der Waals surface area contributed by atoms with Gasteiger partial charge in [0, 0.05) is 43.6 Å². The van der Waals surface area contributed by atoms with Crippen LogP contribution in [0.1, 0.15) is 0 Å². The van der Waals surface area contributed by atoms with Crippen molar-refractivity contribution in [2.24, 2.45) is 0 Å². The first-order valence-electron chi connectivity index (χ1n) is 9.06. The topological polar surface area (TPSA) is 54.4 Å². The lowest BCUT2D eigenvalue weighted by atomic mass is 10.2. The summed E-state index contributed by atoms with van der Waals surface area (Å²) >= 11 is 0. The summed E-state index contributed by atoms with van der Waals surface area (Å²) in [6.45, 7) is 6.45. The molecule has 2 aliphatic rings. The van der Waals surface area contributed by atoms with Crippen molar-refractivity contribution in [2.75, 3.05) is 62.4 Å². The Morgan fingerprint density at radius 3 is 1.85 bits per heavy atom. The van der Waals surface area contributed by atoms with Gasteiger partial charge in [0.15, 0.2) is 11.5 Å². The predicted octanol–water partition coefficient (Wildman–Crippen LogP) is 2.86. The van der Waals surface area contributed by atoms with Gasteiger partial charge in [-0.1, -0.05) is 0 Å². The summed E-state index contributed by atoms with van der Waals surface area (Å²) in [4.78, 5) is 4.49. The Bertz CT molecular complexity index is 723. The summed E-state index contributed by atoms with van der Waals surface area (Å²) < 4.78 is 16.6. The summed E-state index contributed by atoms with van der Waals surface area (Å²) in [5.41, 5.74) is 2.15. The minimum absolute atomic E-state index is 0.145. The van der Waals surface area contributed by atoms with Crippen LogP contribution in [0.4, 0.5) is 11.4 Å². The smallest absolute Gasteiger partial charge is 0.169 e. The fourth-order valence-electron chi connectivity index (χ4n) is 3.28. The zero-order valence-corrected chi connectivity index (χ0v) is 14.8. The zero-order chi connectivity index (χ0) is 17.8. The largest absolute Gasteiger partial charge is 0.504 e. The van der Waals surface area contributed by atoms with Gasteiger partial charge in [-0.3, -0.25) is 0 Å². The minimum Gasteiger partial charge on any atom is -0.504 e. The van der Waals surface area contributed by atoms with E-state index in [1.165, 1.54) is 0 Å². The molecular weight excluding hydrogens is 332 g/mol. The quantitative estimate of drug-likeness (QED) is 0.909. The number of rotatable bonds is 4. The molecule has 2 heterocycles. The van der Waals surface area contributed by atoms with Crippen molar-refractivity contribution in [3.05, 3.63) is 42.5 Å². The first kappa shape index (κ1) is 17.0. The van der Waals surface area contributed by atoms with Gasteiger partial charge in [-0.15, -0.1) is 0 Å². The van der Waals surface area contributed by atoms with Crippen molar-refractivity contribution >= 4 is 11.4 Å². The highest BCUT2D eigenvalue weighted by Crippen LogP contribution is 2.35. The van der Waals surface area contributed by atoms with E-state index in [2.05, 4.69) is 9.80 Å². The number of nitrogens with zero attached hydrogens (tertiary/aromatic N) is 2. The zero-order valence-electron chi connectivity index (χ0n) is 14.8. The van der Waals surface area contributed by atoms with Crippen LogP contribution in [-0.4, -0.2) is 57.7 Å². The fraction of sp³-hybridized carbons (Fsp3) is 0.400. The average molecular weight is 356 g/mol. The Morgan fingerprint density at radius 2 is 1.27 bits per heavy atom. The number of aromatic hydroxyl groups is 1. The van der Waals surface area contributed by atoms with Gasteiger partial charge in [0.2, 0.25) is 0 Å². The highest BCUT2D eigenvalue weighted by atomic mass is 16.5. The van der Waals surface area contributed by atoms with Crippen LogP contribution in [0.15, 0.2) is 42.5 Å². The van der Waals surface area contributed by atoms with Gasteiger partial charge in [-0.05, 0) is 36.4 Å². The first-order valence-corrected chi connectivity index (χ1v) is 9.06.